The number of rotatable bonds is 5. The van der Waals surface area contributed by atoms with Crippen molar-refractivity contribution in [3.8, 4) is 0 Å². The number of hydrogen-bond donors (Lipinski definition) is 1. The molecule has 15 heavy (non-hydrogen) atoms. The fourth-order valence-corrected chi connectivity index (χ4v) is 1.23. The van der Waals surface area contributed by atoms with Gasteiger partial charge in [0.05, 0.1) is 0 Å². The van der Waals surface area contributed by atoms with Gasteiger partial charge in [-0.05, 0) is 19.3 Å². The Morgan fingerprint density at radius 2 is 2.07 bits per heavy atom. The van der Waals surface area contributed by atoms with E-state index in [2.05, 4.69) is 6.92 Å². The number of aliphatic carboxylic acids is 1. The molecule has 5 heteroatoms. The van der Waals surface area contributed by atoms with Gasteiger partial charge >= 0.3 is 12.1 Å². The Morgan fingerprint density at radius 1 is 1.53 bits per heavy atom. The number of carboxylic acids is 1. The summed E-state index contributed by atoms with van der Waals surface area (Å²) in [6.45, 7) is 4.75. The van der Waals surface area contributed by atoms with E-state index in [0.717, 1.165) is 6.08 Å². The molecule has 0 amide bonds. The zero-order valence-electron chi connectivity index (χ0n) is 8.47. The van der Waals surface area contributed by atoms with Gasteiger partial charge in [0.2, 0.25) is 0 Å². The average molecular weight is 223 g/mol. The lowest BCUT2D eigenvalue weighted by Crippen LogP contribution is -2.14. The molecule has 0 aromatic carbocycles. The molecule has 0 rings (SSSR count). The zero-order valence-corrected chi connectivity index (χ0v) is 8.47. The third-order valence-electron chi connectivity index (χ3n) is 1.89. The van der Waals surface area contributed by atoms with Crippen LogP contribution in [0.3, 0.4) is 0 Å². The van der Waals surface area contributed by atoms with Crippen LogP contribution in [0, 0.1) is 12.8 Å². The Labute approximate surface area is 86.8 Å². The van der Waals surface area contributed by atoms with Crippen LogP contribution in [-0.4, -0.2) is 17.3 Å². The zero-order chi connectivity index (χ0) is 12.1. The number of hydrogen-bond acceptors (Lipinski definition) is 1. The van der Waals surface area contributed by atoms with Crippen molar-refractivity contribution in [3.63, 3.8) is 0 Å². The molecule has 2 nitrogen and oxygen atoms in total. The molecule has 0 aliphatic carbocycles. The molecule has 0 aliphatic rings. The fourth-order valence-electron chi connectivity index (χ4n) is 1.23. The smallest absolute Gasteiger partial charge is 0.389 e. The normalized spacial score (nSPS) is 15.1. The highest BCUT2D eigenvalue weighted by Crippen LogP contribution is 2.28. The van der Waals surface area contributed by atoms with Gasteiger partial charge in [-0.15, -0.1) is 0 Å². The summed E-state index contributed by atoms with van der Waals surface area (Å²) in [4.78, 5) is 10.4. The number of alkyl halides is 3. The lowest BCUT2D eigenvalue weighted by Gasteiger charge is -2.14. The minimum Gasteiger partial charge on any atom is -0.478 e. The molecule has 0 bridgehead atoms. The molecule has 0 aliphatic heterocycles. The molecule has 0 aromatic heterocycles. The lowest BCUT2D eigenvalue weighted by atomic mass is 9.97. The highest BCUT2D eigenvalue weighted by atomic mass is 19.4. The minimum absolute atomic E-state index is 0.0577. The Morgan fingerprint density at radius 3 is 2.40 bits per heavy atom. The van der Waals surface area contributed by atoms with Crippen LogP contribution in [0.1, 0.15) is 26.2 Å². The van der Waals surface area contributed by atoms with Gasteiger partial charge in [-0.25, -0.2) is 4.79 Å². The first-order valence-electron chi connectivity index (χ1n) is 4.54. The summed E-state index contributed by atoms with van der Waals surface area (Å²) in [5.41, 5.74) is -0.0577. The van der Waals surface area contributed by atoms with Crippen LogP contribution in [0.25, 0.3) is 0 Å². The molecule has 87 valence electrons. The topological polar surface area (TPSA) is 37.3 Å². The van der Waals surface area contributed by atoms with E-state index in [9.17, 15) is 18.0 Å². The fraction of sp³-hybridized carbons (Fsp3) is 0.600. The number of carboxylic acid groups (broad SMARTS) is 1. The number of carbonyl (C=O) groups is 1. The van der Waals surface area contributed by atoms with E-state index >= 15 is 0 Å². The minimum atomic E-state index is -4.27. The van der Waals surface area contributed by atoms with Crippen molar-refractivity contribution in [1.29, 1.82) is 0 Å². The van der Waals surface area contributed by atoms with Gasteiger partial charge in [0.15, 0.2) is 0 Å². The van der Waals surface area contributed by atoms with Crippen molar-refractivity contribution in [2.24, 2.45) is 5.92 Å². The second kappa shape index (κ2) is 5.78. The van der Waals surface area contributed by atoms with Gasteiger partial charge in [-0.1, -0.05) is 19.4 Å². The van der Waals surface area contributed by atoms with Crippen molar-refractivity contribution in [2.45, 2.75) is 32.4 Å². The quantitative estimate of drug-likeness (QED) is 0.726. The Hall–Kier alpha value is -1.00. The maximum absolute atomic E-state index is 12.1. The highest BCUT2D eigenvalue weighted by molar-refractivity contribution is 5.85. The van der Waals surface area contributed by atoms with Crippen molar-refractivity contribution in [2.75, 3.05) is 0 Å². The average Bonchev–Trinajstić information content (AvgIpc) is 2.00. The molecule has 0 spiro atoms. The monoisotopic (exact) mass is 223 g/mol. The first-order chi connectivity index (χ1) is 6.76. The summed E-state index contributed by atoms with van der Waals surface area (Å²) < 4.78 is 36.3. The molecule has 1 radical (unpaired) electrons. The van der Waals surface area contributed by atoms with Crippen LogP contribution >= 0.6 is 0 Å². The molecular weight excluding hydrogens is 209 g/mol. The Balaban J connectivity index is 4.53. The van der Waals surface area contributed by atoms with Gasteiger partial charge in [0, 0.05) is 12.0 Å². The van der Waals surface area contributed by atoms with Gasteiger partial charge in [-0.3, -0.25) is 0 Å². The first kappa shape index (κ1) is 14.0. The maximum atomic E-state index is 12.1. The van der Waals surface area contributed by atoms with Crippen LogP contribution in [-0.2, 0) is 4.79 Å². The molecule has 0 heterocycles. The number of allylic oxidation sites excluding steroid dienone is 1. The van der Waals surface area contributed by atoms with Gasteiger partial charge in [-0.2, -0.15) is 13.2 Å². The third kappa shape index (κ3) is 6.99. The van der Waals surface area contributed by atoms with E-state index in [-0.39, 0.29) is 12.0 Å². The molecule has 0 aromatic rings. The summed E-state index contributed by atoms with van der Waals surface area (Å²) >= 11 is 0. The van der Waals surface area contributed by atoms with E-state index in [0.29, 0.717) is 6.42 Å². The summed E-state index contributed by atoms with van der Waals surface area (Å²) in [6, 6.07) is 0. The first-order valence-corrected chi connectivity index (χ1v) is 4.54. The van der Waals surface area contributed by atoms with Gasteiger partial charge in [0.1, 0.15) is 0 Å². The van der Waals surface area contributed by atoms with Crippen LogP contribution in [0.5, 0.6) is 0 Å². The largest absolute Gasteiger partial charge is 0.478 e. The summed E-state index contributed by atoms with van der Waals surface area (Å²) in [5.74, 6) is -1.98. The standard InChI is InChI=1S/C10H14F3O2/c1-3-4-8(6-10(11,12)13)5-7(2)9(14)15/h5,8H,1,3-4,6H2,2H3,(H,14,15). The van der Waals surface area contributed by atoms with Crippen LogP contribution in [0.2, 0.25) is 0 Å². The maximum Gasteiger partial charge on any atom is 0.389 e. The van der Waals surface area contributed by atoms with Crippen molar-refractivity contribution in [3.05, 3.63) is 18.6 Å². The SMILES string of the molecule is [CH2]CCC(C=C(C)C(=O)O)CC(F)(F)F. The van der Waals surface area contributed by atoms with Gasteiger partial charge in [0.25, 0.3) is 0 Å². The molecule has 0 fully saturated rings. The van der Waals surface area contributed by atoms with Gasteiger partial charge < -0.3 is 5.11 Å². The molecule has 1 unspecified atom stereocenters. The Kier molecular flexibility index (Phi) is 5.39. The third-order valence-corrected chi connectivity index (χ3v) is 1.89. The molecular formula is C10H14F3O2. The van der Waals surface area contributed by atoms with E-state index in [1.165, 1.54) is 6.92 Å². The van der Waals surface area contributed by atoms with E-state index in [4.69, 9.17) is 5.11 Å². The van der Waals surface area contributed by atoms with Crippen LogP contribution < -0.4 is 0 Å². The van der Waals surface area contributed by atoms with E-state index in [1.807, 2.05) is 0 Å². The second-order valence-corrected chi connectivity index (χ2v) is 3.38. The summed E-state index contributed by atoms with van der Waals surface area (Å²) in [7, 11) is 0. The van der Waals surface area contributed by atoms with Crippen molar-refractivity contribution >= 4 is 5.97 Å². The van der Waals surface area contributed by atoms with E-state index < -0.39 is 24.5 Å². The highest BCUT2D eigenvalue weighted by Gasteiger charge is 2.30. The van der Waals surface area contributed by atoms with Crippen molar-refractivity contribution < 1.29 is 23.1 Å². The van der Waals surface area contributed by atoms with E-state index in [1.54, 1.807) is 0 Å². The molecule has 0 saturated carbocycles. The van der Waals surface area contributed by atoms with Crippen LogP contribution in [0.4, 0.5) is 13.2 Å². The Bertz CT molecular complexity index is 244. The molecule has 1 atom stereocenters. The second-order valence-electron chi connectivity index (χ2n) is 3.38. The lowest BCUT2D eigenvalue weighted by molar-refractivity contribution is -0.142. The predicted octanol–water partition coefficient (Wildman–Crippen LogP) is 3.20. The molecule has 1 N–H and O–H groups in total. The predicted molar refractivity (Wildman–Crippen MR) is 50.1 cm³/mol. The van der Waals surface area contributed by atoms with Crippen LogP contribution in [0.15, 0.2) is 11.6 Å². The number of halogens is 3. The van der Waals surface area contributed by atoms with Crippen molar-refractivity contribution in [1.82, 2.24) is 0 Å². The summed E-state index contributed by atoms with van der Waals surface area (Å²) in [5, 5.41) is 8.53. The summed E-state index contributed by atoms with van der Waals surface area (Å²) in [6.07, 6.45) is -3.52. The molecule has 0 saturated heterocycles.